The van der Waals surface area contributed by atoms with E-state index in [-0.39, 0.29) is 5.91 Å². The van der Waals surface area contributed by atoms with Gasteiger partial charge in [0.15, 0.2) is 0 Å². The molecule has 0 aromatic carbocycles. The smallest absolute Gasteiger partial charge is 0.307 e. The van der Waals surface area contributed by atoms with Crippen molar-refractivity contribution in [2.45, 2.75) is 27.3 Å². The first-order valence-corrected chi connectivity index (χ1v) is 6.71. The number of aliphatic carboxylic acids is 1. The second-order valence-electron chi connectivity index (χ2n) is 5.35. The second-order valence-corrected chi connectivity index (χ2v) is 6.72. The SMILES string of the molecule is Cc1ccc(CNC(=O)[C@H]2[C@@H](C(=O)O)C2(C)C)s1. The third-order valence-electron chi connectivity index (χ3n) is 3.61. The summed E-state index contributed by atoms with van der Waals surface area (Å²) in [7, 11) is 0. The van der Waals surface area contributed by atoms with Gasteiger partial charge in [-0.1, -0.05) is 13.8 Å². The van der Waals surface area contributed by atoms with Gasteiger partial charge in [0.25, 0.3) is 0 Å². The number of rotatable bonds is 4. The molecule has 0 radical (unpaired) electrons. The molecule has 1 heterocycles. The number of hydrogen-bond donors (Lipinski definition) is 2. The summed E-state index contributed by atoms with van der Waals surface area (Å²) >= 11 is 1.64. The van der Waals surface area contributed by atoms with Gasteiger partial charge in [-0.05, 0) is 24.5 Å². The molecular formula is C13H17NO3S. The molecule has 2 atom stereocenters. The Balaban J connectivity index is 1.92. The van der Waals surface area contributed by atoms with E-state index in [1.807, 2.05) is 32.9 Å². The van der Waals surface area contributed by atoms with E-state index in [2.05, 4.69) is 5.32 Å². The standard InChI is InChI=1S/C13H17NO3S/c1-7-4-5-8(18-7)6-14-11(15)9-10(12(16)17)13(9,2)3/h4-5,9-10H,6H2,1-3H3,(H,14,15)(H,16,17)/t9-,10+/m1/s1. The molecule has 1 fully saturated rings. The zero-order valence-electron chi connectivity index (χ0n) is 10.7. The lowest BCUT2D eigenvalue weighted by atomic mass is 10.1. The first-order valence-electron chi connectivity index (χ1n) is 5.90. The largest absolute Gasteiger partial charge is 0.481 e. The highest BCUT2D eigenvalue weighted by molar-refractivity contribution is 7.11. The van der Waals surface area contributed by atoms with E-state index in [0.717, 1.165) is 4.88 Å². The lowest BCUT2D eigenvalue weighted by Crippen LogP contribution is -2.26. The molecule has 4 nitrogen and oxygen atoms in total. The van der Waals surface area contributed by atoms with E-state index in [9.17, 15) is 9.59 Å². The molecule has 0 bridgehead atoms. The maximum absolute atomic E-state index is 11.9. The maximum Gasteiger partial charge on any atom is 0.307 e. The van der Waals surface area contributed by atoms with Crippen molar-refractivity contribution in [1.82, 2.24) is 5.32 Å². The first-order chi connectivity index (χ1) is 8.34. The number of carbonyl (C=O) groups is 2. The Morgan fingerprint density at radius 2 is 2.06 bits per heavy atom. The normalized spacial score (nSPS) is 24.6. The number of carbonyl (C=O) groups excluding carboxylic acids is 1. The molecule has 1 saturated carbocycles. The van der Waals surface area contributed by atoms with Crippen molar-refractivity contribution >= 4 is 23.2 Å². The van der Waals surface area contributed by atoms with Crippen LogP contribution in [0.15, 0.2) is 12.1 Å². The Kier molecular flexibility index (Phi) is 3.19. The highest BCUT2D eigenvalue weighted by Crippen LogP contribution is 2.58. The number of aryl methyl sites for hydroxylation is 1. The molecule has 1 amide bonds. The third-order valence-corrected chi connectivity index (χ3v) is 4.61. The van der Waals surface area contributed by atoms with Gasteiger partial charge in [-0.15, -0.1) is 11.3 Å². The predicted octanol–water partition coefficient (Wildman–Crippen LogP) is 2.03. The molecule has 1 aliphatic carbocycles. The van der Waals surface area contributed by atoms with E-state index >= 15 is 0 Å². The molecule has 18 heavy (non-hydrogen) atoms. The van der Waals surface area contributed by atoms with Gasteiger partial charge in [0.05, 0.1) is 18.4 Å². The van der Waals surface area contributed by atoms with Crippen LogP contribution in [0.3, 0.4) is 0 Å². The second kappa shape index (κ2) is 4.39. The minimum absolute atomic E-state index is 0.154. The molecule has 0 spiro atoms. The Bertz CT molecular complexity index is 492. The van der Waals surface area contributed by atoms with Crippen molar-refractivity contribution in [1.29, 1.82) is 0 Å². The summed E-state index contributed by atoms with van der Waals surface area (Å²) in [5, 5.41) is 11.8. The van der Waals surface area contributed by atoms with Crippen molar-refractivity contribution in [3.05, 3.63) is 21.9 Å². The average Bonchev–Trinajstić information content (AvgIpc) is 2.63. The summed E-state index contributed by atoms with van der Waals surface area (Å²) in [6, 6.07) is 3.99. The molecule has 5 heteroatoms. The zero-order chi connectivity index (χ0) is 13.5. The molecular weight excluding hydrogens is 250 g/mol. The summed E-state index contributed by atoms with van der Waals surface area (Å²) in [6.45, 7) is 6.15. The van der Waals surface area contributed by atoms with Crippen LogP contribution < -0.4 is 5.32 Å². The van der Waals surface area contributed by atoms with Crippen molar-refractivity contribution < 1.29 is 14.7 Å². The van der Waals surface area contributed by atoms with Crippen molar-refractivity contribution in [3.63, 3.8) is 0 Å². The fraction of sp³-hybridized carbons (Fsp3) is 0.538. The number of thiophene rings is 1. The van der Waals surface area contributed by atoms with Gasteiger partial charge in [-0.3, -0.25) is 9.59 Å². The van der Waals surface area contributed by atoms with E-state index in [0.29, 0.717) is 6.54 Å². The van der Waals surface area contributed by atoms with E-state index in [1.165, 1.54) is 4.88 Å². The highest BCUT2D eigenvalue weighted by atomic mass is 32.1. The third kappa shape index (κ3) is 2.27. The number of amides is 1. The van der Waals surface area contributed by atoms with Crippen LogP contribution in [0.4, 0.5) is 0 Å². The molecule has 0 saturated heterocycles. The fourth-order valence-corrected chi connectivity index (χ4v) is 3.28. The van der Waals surface area contributed by atoms with E-state index in [1.54, 1.807) is 11.3 Å². The molecule has 0 unspecified atom stereocenters. The molecule has 1 aromatic rings. The van der Waals surface area contributed by atoms with Gasteiger partial charge >= 0.3 is 5.97 Å². The van der Waals surface area contributed by atoms with Gasteiger partial charge in [-0.2, -0.15) is 0 Å². The van der Waals surface area contributed by atoms with Crippen molar-refractivity contribution in [2.75, 3.05) is 0 Å². The van der Waals surface area contributed by atoms with Crippen molar-refractivity contribution in [2.24, 2.45) is 17.3 Å². The number of carboxylic acid groups (broad SMARTS) is 1. The Hall–Kier alpha value is -1.36. The Morgan fingerprint density at radius 3 is 2.50 bits per heavy atom. The summed E-state index contributed by atoms with van der Waals surface area (Å²) in [5.41, 5.74) is -0.429. The Morgan fingerprint density at radius 1 is 1.39 bits per heavy atom. The van der Waals surface area contributed by atoms with Gasteiger partial charge < -0.3 is 10.4 Å². The fourth-order valence-electron chi connectivity index (χ4n) is 2.45. The first kappa shape index (κ1) is 13.1. The number of nitrogens with one attached hydrogen (secondary N) is 1. The average molecular weight is 267 g/mol. The maximum atomic E-state index is 11.9. The summed E-state index contributed by atoms with van der Waals surface area (Å²) in [5.74, 6) is -2.00. The predicted molar refractivity (Wildman–Crippen MR) is 69.3 cm³/mol. The van der Waals surface area contributed by atoms with Crippen LogP contribution in [-0.2, 0) is 16.1 Å². The van der Waals surface area contributed by atoms with Gasteiger partial charge in [0.1, 0.15) is 0 Å². The van der Waals surface area contributed by atoms with Crippen LogP contribution in [0.25, 0.3) is 0 Å². The summed E-state index contributed by atoms with van der Waals surface area (Å²) in [6.07, 6.45) is 0. The van der Waals surface area contributed by atoms with Crippen LogP contribution in [0.2, 0.25) is 0 Å². The molecule has 1 aromatic heterocycles. The van der Waals surface area contributed by atoms with Crippen LogP contribution in [0, 0.1) is 24.2 Å². The molecule has 2 rings (SSSR count). The molecule has 1 aliphatic rings. The van der Waals surface area contributed by atoms with Crippen LogP contribution >= 0.6 is 11.3 Å². The van der Waals surface area contributed by atoms with Crippen molar-refractivity contribution in [3.8, 4) is 0 Å². The molecule has 0 aliphatic heterocycles. The quantitative estimate of drug-likeness (QED) is 0.877. The van der Waals surface area contributed by atoms with E-state index < -0.39 is 23.2 Å². The minimum Gasteiger partial charge on any atom is -0.481 e. The summed E-state index contributed by atoms with van der Waals surface area (Å²) in [4.78, 5) is 25.2. The lowest BCUT2D eigenvalue weighted by Gasteiger charge is -2.04. The number of hydrogen-bond acceptors (Lipinski definition) is 3. The summed E-state index contributed by atoms with van der Waals surface area (Å²) < 4.78 is 0. The van der Waals surface area contributed by atoms with Gasteiger partial charge in [0, 0.05) is 9.75 Å². The lowest BCUT2D eigenvalue weighted by molar-refractivity contribution is -0.140. The minimum atomic E-state index is -0.882. The molecule has 98 valence electrons. The van der Waals surface area contributed by atoms with Gasteiger partial charge in [0.2, 0.25) is 5.91 Å². The number of carboxylic acids is 1. The topological polar surface area (TPSA) is 66.4 Å². The van der Waals surface area contributed by atoms with Crippen LogP contribution in [0.5, 0.6) is 0 Å². The van der Waals surface area contributed by atoms with Crippen LogP contribution in [0.1, 0.15) is 23.6 Å². The molecule has 2 N–H and O–H groups in total. The van der Waals surface area contributed by atoms with Crippen LogP contribution in [-0.4, -0.2) is 17.0 Å². The van der Waals surface area contributed by atoms with E-state index in [4.69, 9.17) is 5.11 Å². The Labute approximate surface area is 110 Å². The zero-order valence-corrected chi connectivity index (χ0v) is 11.5. The highest BCUT2D eigenvalue weighted by Gasteiger charge is 2.65. The van der Waals surface area contributed by atoms with Gasteiger partial charge in [-0.25, -0.2) is 0 Å². The monoisotopic (exact) mass is 267 g/mol.